The van der Waals surface area contributed by atoms with Gasteiger partial charge in [-0.15, -0.1) is 0 Å². The molecule has 2 N–H and O–H groups in total. The number of para-hydroxylation sites is 2. The average molecular weight is 696 g/mol. The molecule has 1 saturated carbocycles. The van der Waals surface area contributed by atoms with Crippen molar-refractivity contribution in [3.8, 4) is 11.5 Å². The van der Waals surface area contributed by atoms with Gasteiger partial charge in [-0.1, -0.05) is 127 Å². The number of carboxylic acids is 1. The lowest BCUT2D eigenvalue weighted by Crippen LogP contribution is -2.22. The Morgan fingerprint density at radius 2 is 1.55 bits per heavy atom. The number of ether oxygens (including phenoxy) is 2. The molecular formula is C44H57NO6. The Hall–Kier alpha value is -4.13. The van der Waals surface area contributed by atoms with Crippen molar-refractivity contribution in [2.75, 3.05) is 11.9 Å². The fourth-order valence-electron chi connectivity index (χ4n) is 7.81. The monoisotopic (exact) mass is 695 g/mol. The van der Waals surface area contributed by atoms with Crippen LogP contribution in [0.4, 0.5) is 5.69 Å². The van der Waals surface area contributed by atoms with Gasteiger partial charge in [-0.05, 0) is 65.8 Å². The van der Waals surface area contributed by atoms with Crippen molar-refractivity contribution in [1.29, 1.82) is 0 Å². The number of hydrogen-bond donors (Lipinski definition) is 2. The Kier molecular flexibility index (Phi) is 13.7. The van der Waals surface area contributed by atoms with Crippen LogP contribution in [0.15, 0.2) is 66.7 Å². The molecule has 274 valence electrons. The van der Waals surface area contributed by atoms with Crippen molar-refractivity contribution in [1.82, 2.24) is 0 Å². The van der Waals surface area contributed by atoms with Gasteiger partial charge in [-0.2, -0.15) is 0 Å². The smallest absolute Gasteiger partial charge is 0.306 e. The number of hydrogen-bond acceptors (Lipinski definition) is 5. The van der Waals surface area contributed by atoms with Gasteiger partial charge in [0, 0.05) is 29.2 Å². The predicted molar refractivity (Wildman–Crippen MR) is 202 cm³/mol. The molecule has 3 aromatic carbocycles. The molecule has 5 rings (SSSR count). The molecule has 3 aromatic rings. The highest BCUT2D eigenvalue weighted by atomic mass is 16.5. The summed E-state index contributed by atoms with van der Waals surface area (Å²) in [6.07, 6.45) is 14.3. The van der Waals surface area contributed by atoms with E-state index in [1.54, 1.807) is 0 Å². The lowest BCUT2D eigenvalue weighted by molar-refractivity contribution is -0.148. The zero-order valence-electron chi connectivity index (χ0n) is 30.9. The molecule has 51 heavy (non-hydrogen) atoms. The minimum atomic E-state index is -0.995. The zero-order chi connectivity index (χ0) is 36.2. The van der Waals surface area contributed by atoms with Crippen molar-refractivity contribution in [2.45, 2.75) is 128 Å². The Morgan fingerprint density at radius 3 is 2.22 bits per heavy atom. The third kappa shape index (κ3) is 11.4. The first-order valence-electron chi connectivity index (χ1n) is 19.2. The highest BCUT2D eigenvalue weighted by molar-refractivity contribution is 5.93. The van der Waals surface area contributed by atoms with Gasteiger partial charge < -0.3 is 19.9 Å². The lowest BCUT2D eigenvalue weighted by Gasteiger charge is -2.28. The van der Waals surface area contributed by atoms with E-state index in [2.05, 4.69) is 44.3 Å². The maximum atomic E-state index is 13.8. The number of benzene rings is 3. The molecule has 1 aliphatic carbocycles. The summed E-state index contributed by atoms with van der Waals surface area (Å²) >= 11 is 0. The van der Waals surface area contributed by atoms with Crippen LogP contribution in [-0.4, -0.2) is 29.6 Å². The van der Waals surface area contributed by atoms with Crippen molar-refractivity contribution >= 4 is 23.5 Å². The third-order valence-electron chi connectivity index (χ3n) is 10.7. The molecule has 1 atom stereocenters. The summed E-state index contributed by atoms with van der Waals surface area (Å²) in [5.74, 6) is 1.04. The van der Waals surface area contributed by atoms with Gasteiger partial charge in [0.2, 0.25) is 5.91 Å². The Bertz CT molecular complexity index is 1570. The number of rotatable bonds is 17. The molecular weight excluding hydrogens is 638 g/mol. The van der Waals surface area contributed by atoms with Gasteiger partial charge in [0.05, 0.1) is 19.4 Å². The van der Waals surface area contributed by atoms with Gasteiger partial charge in [-0.25, -0.2) is 0 Å². The van der Waals surface area contributed by atoms with E-state index in [1.165, 1.54) is 51.4 Å². The van der Waals surface area contributed by atoms with E-state index in [-0.39, 0.29) is 36.0 Å². The van der Waals surface area contributed by atoms with Crippen molar-refractivity contribution < 1.29 is 29.0 Å². The maximum Gasteiger partial charge on any atom is 0.306 e. The zero-order valence-corrected chi connectivity index (χ0v) is 30.9. The van der Waals surface area contributed by atoms with Gasteiger partial charge in [0.25, 0.3) is 0 Å². The molecule has 0 bridgehead atoms. The van der Waals surface area contributed by atoms with Crippen LogP contribution in [0.3, 0.4) is 0 Å². The average Bonchev–Trinajstić information content (AvgIpc) is 3.11. The largest absolute Gasteiger partial charge is 0.481 e. The summed E-state index contributed by atoms with van der Waals surface area (Å²) in [4.78, 5) is 37.1. The predicted octanol–water partition coefficient (Wildman–Crippen LogP) is 10.7. The Balaban J connectivity index is 1.24. The van der Waals surface area contributed by atoms with Gasteiger partial charge in [-0.3, -0.25) is 14.4 Å². The second-order valence-corrected chi connectivity index (χ2v) is 15.7. The molecule has 7 heteroatoms. The topological polar surface area (TPSA) is 102 Å². The maximum absolute atomic E-state index is 13.8. The van der Waals surface area contributed by atoms with Crippen molar-refractivity contribution in [3.63, 3.8) is 0 Å². The van der Waals surface area contributed by atoms with Crippen LogP contribution in [0.5, 0.6) is 11.5 Å². The number of amides is 1. The van der Waals surface area contributed by atoms with Crippen LogP contribution < -0.4 is 10.1 Å². The molecule has 0 radical (unpaired) electrons. The number of carbonyl (C=O) groups excluding carboxylic acids is 2. The van der Waals surface area contributed by atoms with Crippen LogP contribution >= 0.6 is 0 Å². The van der Waals surface area contributed by atoms with E-state index in [4.69, 9.17) is 14.6 Å². The molecule has 1 aliphatic heterocycles. The summed E-state index contributed by atoms with van der Waals surface area (Å²) in [6.45, 7) is 6.78. The normalized spacial score (nSPS) is 15.3. The summed E-state index contributed by atoms with van der Waals surface area (Å²) in [7, 11) is 0. The molecule has 1 amide bonds. The van der Waals surface area contributed by atoms with Crippen LogP contribution in [0, 0.1) is 11.8 Å². The van der Waals surface area contributed by atoms with Gasteiger partial charge in [0.15, 0.2) is 0 Å². The fourth-order valence-corrected chi connectivity index (χ4v) is 7.81. The Labute approximate surface area is 304 Å². The van der Waals surface area contributed by atoms with Crippen LogP contribution in [0.1, 0.15) is 139 Å². The fraction of sp³-hybridized carbons (Fsp3) is 0.523. The number of nitrogens with one attached hydrogen (secondary N) is 1. The van der Waals surface area contributed by atoms with E-state index >= 15 is 0 Å². The second kappa shape index (κ2) is 18.4. The number of anilines is 1. The molecule has 0 saturated heterocycles. The first-order chi connectivity index (χ1) is 24.6. The number of aliphatic carboxylic acids is 1. The van der Waals surface area contributed by atoms with Crippen LogP contribution in [0.25, 0.3) is 0 Å². The first kappa shape index (κ1) is 38.1. The van der Waals surface area contributed by atoms with Crippen molar-refractivity contribution in [3.05, 3.63) is 89.0 Å². The van der Waals surface area contributed by atoms with E-state index < -0.39 is 11.9 Å². The quantitative estimate of drug-likeness (QED) is 0.108. The number of esters is 1. The number of carboxylic acid groups (broad SMARTS) is 1. The molecule has 2 aliphatic rings. The van der Waals surface area contributed by atoms with Gasteiger partial charge >= 0.3 is 11.9 Å². The molecule has 0 spiro atoms. The van der Waals surface area contributed by atoms with E-state index in [1.807, 2.05) is 48.5 Å². The summed E-state index contributed by atoms with van der Waals surface area (Å²) in [5, 5.41) is 12.3. The number of fused-ring (bicyclic) bond motifs is 2. The molecule has 1 heterocycles. The third-order valence-corrected chi connectivity index (χ3v) is 10.7. The highest BCUT2D eigenvalue weighted by Gasteiger charge is 2.29. The minimum Gasteiger partial charge on any atom is -0.481 e. The van der Waals surface area contributed by atoms with E-state index in [9.17, 15) is 14.4 Å². The number of aryl methyl sites for hydroxylation is 1. The van der Waals surface area contributed by atoms with Gasteiger partial charge in [0.1, 0.15) is 11.5 Å². The minimum absolute atomic E-state index is 0.0477. The molecule has 0 aromatic heterocycles. The number of carbonyl (C=O) groups is 3. The summed E-state index contributed by atoms with van der Waals surface area (Å²) in [6, 6.07) is 22.3. The lowest BCUT2D eigenvalue weighted by atomic mass is 9.83. The van der Waals surface area contributed by atoms with Crippen molar-refractivity contribution in [2.24, 2.45) is 11.8 Å². The number of unbranched alkanes of at least 4 members (excludes halogenated alkanes) is 2. The molecule has 1 unspecified atom stereocenters. The van der Waals surface area contributed by atoms with Crippen LogP contribution in [0.2, 0.25) is 0 Å². The SMILES string of the molecule is CC(C)(C)c1ccc(CCC(CCCCCC2CCCCC2)COC(=O)CCC(=O)O)cc1NC(=O)CC1c2ccccc2Oc2ccccc21. The summed E-state index contributed by atoms with van der Waals surface area (Å²) < 4.78 is 11.8. The second-order valence-electron chi connectivity index (χ2n) is 15.7. The van der Waals surface area contributed by atoms with Crippen LogP contribution in [-0.2, 0) is 31.0 Å². The molecule has 7 nitrogen and oxygen atoms in total. The highest BCUT2D eigenvalue weighted by Crippen LogP contribution is 2.45. The standard InChI is InChI=1S/C44H57NO6/c1-44(2,3)37-25-24-32(22-23-33(30-50-43(49)27-26-42(47)48)17-9-5-8-16-31-14-6-4-7-15-31)28-38(37)45-41(46)29-36-34-18-10-12-20-39(34)51-40-21-13-11-19-35(36)40/h10-13,18-21,24-25,28,31,33,36H,4-9,14-17,22-23,26-27,29-30H2,1-3H3,(H,45,46)(H,47,48). The Morgan fingerprint density at radius 1 is 0.863 bits per heavy atom. The van der Waals surface area contributed by atoms with E-state index in [0.717, 1.165) is 71.0 Å². The molecule has 1 fully saturated rings. The summed E-state index contributed by atoms with van der Waals surface area (Å²) in [5.41, 5.74) is 4.88. The van der Waals surface area contributed by atoms with E-state index in [0.29, 0.717) is 13.0 Å². The first-order valence-corrected chi connectivity index (χ1v) is 19.2.